The van der Waals surface area contributed by atoms with Crippen LogP contribution in [0.4, 0.5) is 5.69 Å². The average molecular weight is 290 g/mol. The predicted octanol–water partition coefficient (Wildman–Crippen LogP) is 4.37. The van der Waals surface area contributed by atoms with Gasteiger partial charge < -0.3 is 9.88 Å². The highest BCUT2D eigenvalue weighted by molar-refractivity contribution is 6.33. The first-order valence-corrected chi connectivity index (χ1v) is 7.56. The van der Waals surface area contributed by atoms with E-state index in [9.17, 15) is 0 Å². The van der Waals surface area contributed by atoms with Crippen LogP contribution >= 0.6 is 11.6 Å². The number of nitrogens with zero attached hydrogens (tertiary/aromatic N) is 2. The first-order valence-electron chi connectivity index (χ1n) is 7.18. The minimum absolute atomic E-state index is 0.558. The lowest BCUT2D eigenvalue weighted by molar-refractivity contribution is 0.212. The van der Waals surface area contributed by atoms with Crippen LogP contribution in [0.5, 0.6) is 0 Å². The van der Waals surface area contributed by atoms with Crippen LogP contribution in [-0.2, 0) is 0 Å². The molecule has 1 aliphatic rings. The summed E-state index contributed by atoms with van der Waals surface area (Å²) in [6.45, 7) is 4.61. The number of hydrogen-bond donors (Lipinski definition) is 1. The number of rotatable bonds is 4. The van der Waals surface area contributed by atoms with E-state index < -0.39 is 0 Å². The topological polar surface area (TPSA) is 29.9 Å². The van der Waals surface area contributed by atoms with Gasteiger partial charge in [0.05, 0.1) is 22.7 Å². The summed E-state index contributed by atoms with van der Waals surface area (Å²) in [4.78, 5) is 4.11. The highest BCUT2D eigenvalue weighted by atomic mass is 35.5. The number of anilines is 1. The molecule has 0 saturated heterocycles. The zero-order chi connectivity index (χ0) is 14.1. The van der Waals surface area contributed by atoms with Gasteiger partial charge in [-0.05, 0) is 36.8 Å². The second-order valence-electron chi connectivity index (χ2n) is 5.92. The molecular formula is C16H20ClN3. The molecular weight excluding hydrogens is 270 g/mol. The Morgan fingerprint density at radius 2 is 2.15 bits per heavy atom. The Morgan fingerprint density at radius 3 is 2.80 bits per heavy atom. The van der Waals surface area contributed by atoms with Gasteiger partial charge in [0.1, 0.15) is 0 Å². The van der Waals surface area contributed by atoms with E-state index in [4.69, 9.17) is 11.6 Å². The summed E-state index contributed by atoms with van der Waals surface area (Å²) >= 11 is 6.36. The van der Waals surface area contributed by atoms with E-state index in [1.807, 2.05) is 22.9 Å². The van der Waals surface area contributed by atoms with Gasteiger partial charge in [-0.25, -0.2) is 4.98 Å². The largest absolute Gasteiger partial charge is 0.381 e. The van der Waals surface area contributed by atoms with Gasteiger partial charge in [-0.15, -0.1) is 0 Å². The first kappa shape index (κ1) is 13.5. The van der Waals surface area contributed by atoms with Crippen LogP contribution in [0.15, 0.2) is 36.9 Å². The fourth-order valence-corrected chi connectivity index (χ4v) is 3.10. The second-order valence-corrected chi connectivity index (χ2v) is 6.33. The van der Waals surface area contributed by atoms with Crippen molar-refractivity contribution in [2.24, 2.45) is 11.8 Å². The molecule has 0 amide bonds. The summed E-state index contributed by atoms with van der Waals surface area (Å²) in [7, 11) is 0. The highest BCUT2D eigenvalue weighted by Crippen LogP contribution is 2.37. The highest BCUT2D eigenvalue weighted by Gasteiger charge is 2.31. The quantitative estimate of drug-likeness (QED) is 0.905. The number of benzene rings is 1. The normalized spacial score (nSPS) is 21.8. The number of para-hydroxylation sites is 1. The SMILES string of the molecule is CC(C)C1CC(Nc2cccc(Cl)c2-n2ccnc2)C1. The van der Waals surface area contributed by atoms with E-state index >= 15 is 0 Å². The smallest absolute Gasteiger partial charge is 0.0992 e. The molecule has 0 unspecified atom stereocenters. The number of imidazole rings is 1. The lowest BCUT2D eigenvalue weighted by atomic mass is 9.73. The molecule has 0 spiro atoms. The Bertz CT molecular complexity index is 571. The maximum absolute atomic E-state index is 6.36. The third kappa shape index (κ3) is 2.55. The molecule has 1 N–H and O–H groups in total. The van der Waals surface area contributed by atoms with Gasteiger partial charge in [0.25, 0.3) is 0 Å². The summed E-state index contributed by atoms with van der Waals surface area (Å²) in [5, 5.41) is 4.37. The van der Waals surface area contributed by atoms with Crippen molar-refractivity contribution in [1.29, 1.82) is 0 Å². The van der Waals surface area contributed by atoms with Crippen LogP contribution in [0.3, 0.4) is 0 Å². The lowest BCUT2D eigenvalue weighted by Crippen LogP contribution is -2.38. The average Bonchev–Trinajstić information content (AvgIpc) is 2.86. The van der Waals surface area contributed by atoms with Gasteiger partial charge in [-0.2, -0.15) is 0 Å². The molecule has 1 aromatic carbocycles. The fourth-order valence-electron chi connectivity index (χ4n) is 2.83. The van der Waals surface area contributed by atoms with Crippen molar-refractivity contribution in [3.05, 3.63) is 41.9 Å². The zero-order valence-electron chi connectivity index (χ0n) is 11.9. The molecule has 4 heteroatoms. The summed E-state index contributed by atoms with van der Waals surface area (Å²) in [5.41, 5.74) is 2.07. The Balaban J connectivity index is 1.79. The van der Waals surface area contributed by atoms with Gasteiger partial charge in [-0.1, -0.05) is 31.5 Å². The number of aromatic nitrogens is 2. The van der Waals surface area contributed by atoms with Gasteiger partial charge in [-0.3, -0.25) is 0 Å². The van der Waals surface area contributed by atoms with E-state index in [0.717, 1.165) is 28.2 Å². The third-order valence-corrected chi connectivity index (χ3v) is 4.53. The van der Waals surface area contributed by atoms with Gasteiger partial charge in [0.15, 0.2) is 0 Å². The number of halogens is 1. The maximum Gasteiger partial charge on any atom is 0.0992 e. The predicted molar refractivity (Wildman–Crippen MR) is 83.5 cm³/mol. The maximum atomic E-state index is 6.36. The molecule has 1 saturated carbocycles. The molecule has 1 fully saturated rings. The van der Waals surface area contributed by atoms with Gasteiger partial charge in [0.2, 0.25) is 0 Å². The monoisotopic (exact) mass is 289 g/mol. The molecule has 3 rings (SSSR count). The van der Waals surface area contributed by atoms with E-state index in [1.54, 1.807) is 12.5 Å². The number of nitrogens with one attached hydrogen (secondary N) is 1. The first-order chi connectivity index (χ1) is 9.65. The van der Waals surface area contributed by atoms with Crippen molar-refractivity contribution in [3.8, 4) is 5.69 Å². The Hall–Kier alpha value is -1.48. The van der Waals surface area contributed by atoms with Crippen molar-refractivity contribution in [1.82, 2.24) is 9.55 Å². The summed E-state index contributed by atoms with van der Waals surface area (Å²) in [5.74, 6) is 1.63. The fraction of sp³-hybridized carbons (Fsp3) is 0.438. The molecule has 0 radical (unpaired) electrons. The van der Waals surface area contributed by atoms with Crippen LogP contribution < -0.4 is 5.32 Å². The van der Waals surface area contributed by atoms with Crippen LogP contribution in [0.1, 0.15) is 26.7 Å². The standard InChI is InChI=1S/C16H20ClN3/c1-11(2)12-8-13(9-12)19-15-5-3-4-14(17)16(15)20-7-6-18-10-20/h3-7,10-13,19H,8-9H2,1-2H3. The summed E-state index contributed by atoms with van der Waals surface area (Å²) < 4.78 is 1.96. The number of hydrogen-bond acceptors (Lipinski definition) is 2. The van der Waals surface area contributed by atoms with Crippen LogP contribution in [0, 0.1) is 11.8 Å². The molecule has 20 heavy (non-hydrogen) atoms. The van der Waals surface area contributed by atoms with E-state index in [-0.39, 0.29) is 0 Å². The van der Waals surface area contributed by atoms with Gasteiger partial charge in [0, 0.05) is 18.4 Å². The minimum Gasteiger partial charge on any atom is -0.381 e. The van der Waals surface area contributed by atoms with Crippen molar-refractivity contribution < 1.29 is 0 Å². The Labute approximate surface area is 125 Å². The second kappa shape index (κ2) is 5.49. The third-order valence-electron chi connectivity index (χ3n) is 4.23. The molecule has 2 aromatic rings. The molecule has 1 aromatic heterocycles. The van der Waals surface area contributed by atoms with E-state index in [1.165, 1.54) is 12.8 Å². The molecule has 0 atom stereocenters. The molecule has 3 nitrogen and oxygen atoms in total. The van der Waals surface area contributed by atoms with Crippen LogP contribution in [-0.4, -0.2) is 15.6 Å². The van der Waals surface area contributed by atoms with Crippen molar-refractivity contribution in [2.75, 3.05) is 5.32 Å². The minimum atomic E-state index is 0.558. The van der Waals surface area contributed by atoms with Crippen molar-refractivity contribution in [2.45, 2.75) is 32.7 Å². The molecule has 0 aliphatic heterocycles. The lowest BCUT2D eigenvalue weighted by Gasteiger charge is -2.39. The molecule has 1 aliphatic carbocycles. The molecule has 1 heterocycles. The Morgan fingerprint density at radius 1 is 1.35 bits per heavy atom. The Kier molecular flexibility index (Phi) is 3.70. The van der Waals surface area contributed by atoms with Crippen molar-refractivity contribution in [3.63, 3.8) is 0 Å². The van der Waals surface area contributed by atoms with Crippen LogP contribution in [0.25, 0.3) is 5.69 Å². The van der Waals surface area contributed by atoms with E-state index in [0.29, 0.717) is 6.04 Å². The van der Waals surface area contributed by atoms with Crippen molar-refractivity contribution >= 4 is 17.3 Å². The molecule has 0 bridgehead atoms. The van der Waals surface area contributed by atoms with Gasteiger partial charge >= 0.3 is 0 Å². The molecule has 106 valence electrons. The van der Waals surface area contributed by atoms with Crippen LogP contribution in [0.2, 0.25) is 5.02 Å². The summed E-state index contributed by atoms with van der Waals surface area (Å²) in [6, 6.07) is 6.55. The van der Waals surface area contributed by atoms with E-state index in [2.05, 4.69) is 30.2 Å². The zero-order valence-corrected chi connectivity index (χ0v) is 12.6. The summed E-state index contributed by atoms with van der Waals surface area (Å²) in [6.07, 6.45) is 7.96.